The maximum atomic E-state index is 12.6. The zero-order valence-electron chi connectivity index (χ0n) is 16.1. The number of Topliss-reactive ketones (excluding diaryl/α,β-unsaturated/α-hetero) is 1. The van der Waals surface area contributed by atoms with Crippen LogP contribution in [0.25, 0.3) is 0 Å². The van der Waals surface area contributed by atoms with Crippen LogP contribution in [0.1, 0.15) is 56.1 Å². The molecule has 28 heavy (non-hydrogen) atoms. The van der Waals surface area contributed by atoms with Crippen molar-refractivity contribution in [2.45, 2.75) is 68.7 Å². The molecule has 0 radical (unpaired) electrons. The van der Waals surface area contributed by atoms with Crippen molar-refractivity contribution in [2.75, 3.05) is 0 Å². The van der Waals surface area contributed by atoms with E-state index in [2.05, 4.69) is 9.71 Å². The number of ketones is 1. The summed E-state index contributed by atoms with van der Waals surface area (Å²) in [6.45, 7) is 0. The molecule has 2 aromatic rings. The Kier molecular flexibility index (Phi) is 7.34. The summed E-state index contributed by atoms with van der Waals surface area (Å²) in [4.78, 5) is 16.5. The van der Waals surface area contributed by atoms with Crippen LogP contribution in [0.15, 0.2) is 53.7 Å². The molecule has 1 aliphatic carbocycles. The first-order valence-electron chi connectivity index (χ1n) is 10.0. The maximum absolute atomic E-state index is 12.6. The fraction of sp³-hybridized carbons (Fsp3) is 0.455. The third-order valence-electron chi connectivity index (χ3n) is 5.23. The molecule has 0 saturated heterocycles. The molecule has 6 heteroatoms. The molecule has 1 saturated carbocycles. The summed E-state index contributed by atoms with van der Waals surface area (Å²) in [5, 5.41) is 0. The van der Waals surface area contributed by atoms with Gasteiger partial charge in [-0.15, -0.1) is 0 Å². The predicted octanol–water partition coefficient (Wildman–Crippen LogP) is 3.83. The predicted molar refractivity (Wildman–Crippen MR) is 110 cm³/mol. The van der Waals surface area contributed by atoms with Gasteiger partial charge in [-0.3, -0.25) is 9.78 Å². The van der Waals surface area contributed by atoms with Crippen LogP contribution in [-0.2, 0) is 27.7 Å². The third-order valence-corrected chi connectivity index (χ3v) is 6.76. The average Bonchev–Trinajstić information content (AvgIpc) is 2.96. The van der Waals surface area contributed by atoms with Gasteiger partial charge in [-0.05, 0) is 48.6 Å². The number of aryl methyl sites for hydroxylation is 1. The topological polar surface area (TPSA) is 76.1 Å². The van der Waals surface area contributed by atoms with E-state index >= 15 is 0 Å². The molecule has 5 nitrogen and oxygen atoms in total. The van der Waals surface area contributed by atoms with Gasteiger partial charge in [0.15, 0.2) is 0 Å². The minimum atomic E-state index is -3.51. The molecular formula is C22H28N2O3S. The first-order chi connectivity index (χ1) is 13.5. The minimum absolute atomic E-state index is 0.0289. The van der Waals surface area contributed by atoms with E-state index in [1.165, 1.54) is 12.8 Å². The van der Waals surface area contributed by atoms with Crippen molar-refractivity contribution in [1.29, 1.82) is 0 Å². The molecule has 3 rings (SSSR count). The molecule has 0 amide bonds. The smallest absolute Gasteiger partial charge is 0.240 e. The Labute approximate surface area is 167 Å². The number of nitrogens with zero attached hydrogens (tertiary/aromatic N) is 1. The molecule has 1 aliphatic rings. The van der Waals surface area contributed by atoms with Crippen molar-refractivity contribution >= 4 is 15.8 Å². The Hall–Kier alpha value is -2.05. The van der Waals surface area contributed by atoms with Crippen molar-refractivity contribution in [2.24, 2.45) is 0 Å². The number of hydrogen-bond acceptors (Lipinski definition) is 4. The van der Waals surface area contributed by atoms with Gasteiger partial charge in [-0.25, -0.2) is 13.1 Å². The van der Waals surface area contributed by atoms with E-state index in [4.69, 9.17) is 0 Å². The lowest BCUT2D eigenvalue weighted by Crippen LogP contribution is -2.34. The number of carbonyl (C=O) groups is 1. The third kappa shape index (κ3) is 6.24. The Morgan fingerprint density at radius 3 is 2.36 bits per heavy atom. The number of pyridine rings is 1. The second-order valence-electron chi connectivity index (χ2n) is 7.53. The Balaban J connectivity index is 1.54. The van der Waals surface area contributed by atoms with Crippen LogP contribution < -0.4 is 4.72 Å². The van der Waals surface area contributed by atoms with Gasteiger partial charge in [0, 0.05) is 31.3 Å². The molecule has 1 aromatic carbocycles. The first kappa shape index (κ1) is 20.7. The van der Waals surface area contributed by atoms with E-state index in [0.717, 1.165) is 36.8 Å². The molecule has 1 heterocycles. The quantitative estimate of drug-likeness (QED) is 0.683. The van der Waals surface area contributed by atoms with Crippen LogP contribution in [0.4, 0.5) is 0 Å². The highest BCUT2D eigenvalue weighted by atomic mass is 32.2. The van der Waals surface area contributed by atoms with Crippen molar-refractivity contribution in [3.05, 3.63) is 59.9 Å². The lowest BCUT2D eigenvalue weighted by molar-refractivity contribution is -0.118. The van der Waals surface area contributed by atoms with Gasteiger partial charge in [0.25, 0.3) is 0 Å². The monoisotopic (exact) mass is 400 g/mol. The number of rotatable bonds is 8. The largest absolute Gasteiger partial charge is 0.299 e. The highest BCUT2D eigenvalue weighted by Gasteiger charge is 2.21. The summed E-state index contributed by atoms with van der Waals surface area (Å²) in [6.07, 6.45) is 11.3. The summed E-state index contributed by atoms with van der Waals surface area (Å²) in [5.74, 6) is 0.135. The minimum Gasteiger partial charge on any atom is -0.299 e. The number of carbonyl (C=O) groups excluding carboxylic acids is 1. The molecule has 0 aliphatic heterocycles. The van der Waals surface area contributed by atoms with Gasteiger partial charge < -0.3 is 0 Å². The SMILES string of the molecule is O=C(CCc1cccnc1)Cc1ccc(S(=O)(=O)NC2CCCCCC2)cc1. The highest BCUT2D eigenvalue weighted by molar-refractivity contribution is 7.89. The average molecular weight is 401 g/mol. The normalized spacial score (nSPS) is 15.9. The molecule has 1 aromatic heterocycles. The van der Waals surface area contributed by atoms with E-state index < -0.39 is 10.0 Å². The molecule has 1 N–H and O–H groups in total. The van der Waals surface area contributed by atoms with E-state index in [0.29, 0.717) is 19.3 Å². The van der Waals surface area contributed by atoms with Crippen LogP contribution in [0.5, 0.6) is 0 Å². The van der Waals surface area contributed by atoms with Crippen molar-refractivity contribution in [3.63, 3.8) is 0 Å². The standard InChI is InChI=1S/C22H28N2O3S/c25-21(12-9-19-6-5-15-23-17-19)16-18-10-13-22(14-11-18)28(26,27)24-20-7-3-1-2-4-8-20/h5-6,10-11,13-15,17,20,24H,1-4,7-9,12,16H2. The number of hydrogen-bond donors (Lipinski definition) is 1. The summed E-state index contributed by atoms with van der Waals surface area (Å²) in [7, 11) is -3.51. The van der Waals surface area contributed by atoms with E-state index in [-0.39, 0.29) is 16.7 Å². The molecule has 0 bridgehead atoms. The van der Waals surface area contributed by atoms with Gasteiger partial charge in [-0.1, -0.05) is 43.9 Å². The molecule has 0 unspecified atom stereocenters. The summed E-state index contributed by atoms with van der Waals surface area (Å²) >= 11 is 0. The van der Waals surface area contributed by atoms with Gasteiger partial charge in [-0.2, -0.15) is 0 Å². The molecule has 1 fully saturated rings. The number of benzene rings is 1. The number of nitrogens with one attached hydrogen (secondary N) is 1. The van der Waals surface area contributed by atoms with Crippen molar-refractivity contribution < 1.29 is 13.2 Å². The van der Waals surface area contributed by atoms with Gasteiger partial charge in [0.2, 0.25) is 10.0 Å². The lowest BCUT2D eigenvalue weighted by Gasteiger charge is -2.16. The van der Waals surface area contributed by atoms with Crippen LogP contribution in [-0.4, -0.2) is 25.2 Å². The highest BCUT2D eigenvalue weighted by Crippen LogP contribution is 2.20. The van der Waals surface area contributed by atoms with Gasteiger partial charge in [0.05, 0.1) is 4.90 Å². The number of sulfonamides is 1. The van der Waals surface area contributed by atoms with Crippen LogP contribution in [0.2, 0.25) is 0 Å². The first-order valence-corrected chi connectivity index (χ1v) is 11.5. The summed E-state index contributed by atoms with van der Waals surface area (Å²) in [6, 6.07) is 10.5. The second kappa shape index (κ2) is 9.94. The van der Waals surface area contributed by atoms with Gasteiger partial charge >= 0.3 is 0 Å². The van der Waals surface area contributed by atoms with Crippen LogP contribution in [0, 0.1) is 0 Å². The Bertz CT molecular complexity index is 856. The fourth-order valence-corrected chi connectivity index (χ4v) is 4.92. The number of aromatic nitrogens is 1. The van der Waals surface area contributed by atoms with E-state index in [1.54, 1.807) is 36.7 Å². The zero-order valence-corrected chi connectivity index (χ0v) is 17.0. The Morgan fingerprint density at radius 2 is 1.71 bits per heavy atom. The Morgan fingerprint density at radius 1 is 1.00 bits per heavy atom. The van der Waals surface area contributed by atoms with Gasteiger partial charge in [0.1, 0.15) is 5.78 Å². The maximum Gasteiger partial charge on any atom is 0.240 e. The van der Waals surface area contributed by atoms with Crippen molar-refractivity contribution in [3.8, 4) is 0 Å². The van der Waals surface area contributed by atoms with Crippen molar-refractivity contribution in [1.82, 2.24) is 9.71 Å². The summed E-state index contributed by atoms with van der Waals surface area (Å²) in [5.41, 5.74) is 1.88. The molecular weight excluding hydrogens is 372 g/mol. The fourth-order valence-electron chi connectivity index (χ4n) is 3.62. The molecule has 0 atom stereocenters. The lowest BCUT2D eigenvalue weighted by atomic mass is 10.0. The van der Waals surface area contributed by atoms with Crippen LogP contribution in [0.3, 0.4) is 0 Å². The summed E-state index contributed by atoms with van der Waals surface area (Å²) < 4.78 is 28.1. The van der Waals surface area contributed by atoms with E-state index in [9.17, 15) is 13.2 Å². The van der Waals surface area contributed by atoms with Crippen LogP contribution >= 0.6 is 0 Å². The molecule has 0 spiro atoms. The second-order valence-corrected chi connectivity index (χ2v) is 9.24. The zero-order chi connectivity index (χ0) is 19.8. The van der Waals surface area contributed by atoms with E-state index in [1.807, 2.05) is 12.1 Å². The molecule has 150 valence electrons.